The minimum Gasteiger partial charge on any atom is -0.491 e. The fourth-order valence-electron chi connectivity index (χ4n) is 2.13. The average Bonchev–Trinajstić information content (AvgIpc) is 2.55. The molecule has 0 aliphatic carbocycles. The number of ether oxygens (including phenoxy) is 2. The van der Waals surface area contributed by atoms with E-state index in [0.29, 0.717) is 32.2 Å². The predicted molar refractivity (Wildman–Crippen MR) is 96.5 cm³/mol. The Bertz CT molecular complexity index is 461. The molecule has 0 atom stereocenters. The number of aliphatic imine (C=N–C) groups is 1. The molecular formula is C18H31N3O2. The standard InChI is InChI=1S/C18H31N3O2/c1-5-19-18(20-11-13-22-6-2)21-12-14-23-17-10-8-7-9-16(17)15(3)4/h7-10,15H,5-6,11-14H2,1-4H3,(H2,19,20,21). The summed E-state index contributed by atoms with van der Waals surface area (Å²) in [6.45, 7) is 12.5. The summed E-state index contributed by atoms with van der Waals surface area (Å²) in [6, 6.07) is 8.20. The van der Waals surface area contributed by atoms with E-state index in [9.17, 15) is 0 Å². The molecular weight excluding hydrogens is 290 g/mol. The van der Waals surface area contributed by atoms with Crippen molar-refractivity contribution in [1.82, 2.24) is 10.6 Å². The van der Waals surface area contributed by atoms with Gasteiger partial charge in [0.1, 0.15) is 12.4 Å². The Balaban J connectivity index is 2.39. The first-order valence-corrected chi connectivity index (χ1v) is 8.50. The molecule has 0 aromatic heterocycles. The first kappa shape index (κ1) is 19.3. The second kappa shape index (κ2) is 11.8. The monoisotopic (exact) mass is 321 g/mol. The maximum Gasteiger partial charge on any atom is 0.191 e. The van der Waals surface area contributed by atoms with Crippen molar-refractivity contribution < 1.29 is 9.47 Å². The van der Waals surface area contributed by atoms with Crippen LogP contribution in [0.4, 0.5) is 0 Å². The van der Waals surface area contributed by atoms with Crippen molar-refractivity contribution in [3.8, 4) is 5.75 Å². The fourth-order valence-corrected chi connectivity index (χ4v) is 2.13. The van der Waals surface area contributed by atoms with Gasteiger partial charge in [-0.05, 0) is 31.4 Å². The Kier molecular flexibility index (Phi) is 9.87. The van der Waals surface area contributed by atoms with E-state index >= 15 is 0 Å². The van der Waals surface area contributed by atoms with E-state index in [0.717, 1.165) is 24.9 Å². The Hall–Kier alpha value is -1.75. The van der Waals surface area contributed by atoms with Gasteiger partial charge in [-0.1, -0.05) is 32.0 Å². The smallest absolute Gasteiger partial charge is 0.191 e. The molecule has 1 rings (SSSR count). The van der Waals surface area contributed by atoms with E-state index in [2.05, 4.69) is 48.5 Å². The molecule has 0 bridgehead atoms. The third-order valence-electron chi connectivity index (χ3n) is 3.25. The molecule has 5 heteroatoms. The molecule has 0 fully saturated rings. The van der Waals surface area contributed by atoms with Crippen molar-refractivity contribution in [2.75, 3.05) is 39.5 Å². The number of rotatable bonds is 10. The minimum absolute atomic E-state index is 0.455. The van der Waals surface area contributed by atoms with Gasteiger partial charge in [-0.3, -0.25) is 4.99 Å². The number of hydrogen-bond acceptors (Lipinski definition) is 3. The van der Waals surface area contributed by atoms with Gasteiger partial charge in [0, 0.05) is 13.2 Å². The minimum atomic E-state index is 0.455. The number of nitrogens with one attached hydrogen (secondary N) is 2. The largest absolute Gasteiger partial charge is 0.491 e. The molecule has 0 aliphatic heterocycles. The van der Waals surface area contributed by atoms with E-state index in [1.54, 1.807) is 0 Å². The highest BCUT2D eigenvalue weighted by atomic mass is 16.5. The third-order valence-corrected chi connectivity index (χ3v) is 3.25. The van der Waals surface area contributed by atoms with E-state index in [1.807, 2.05) is 19.1 Å². The Labute approximate surface area is 140 Å². The summed E-state index contributed by atoms with van der Waals surface area (Å²) in [4.78, 5) is 4.46. The van der Waals surface area contributed by atoms with E-state index in [4.69, 9.17) is 9.47 Å². The van der Waals surface area contributed by atoms with Gasteiger partial charge in [-0.25, -0.2) is 0 Å². The lowest BCUT2D eigenvalue weighted by atomic mass is 10.0. The molecule has 2 N–H and O–H groups in total. The van der Waals surface area contributed by atoms with E-state index in [-0.39, 0.29) is 0 Å². The molecule has 0 heterocycles. The number of nitrogens with zero attached hydrogens (tertiary/aromatic N) is 1. The molecule has 0 saturated carbocycles. The van der Waals surface area contributed by atoms with Crippen LogP contribution in [0.2, 0.25) is 0 Å². The van der Waals surface area contributed by atoms with Gasteiger partial charge in [0.15, 0.2) is 5.96 Å². The molecule has 0 saturated heterocycles. The average molecular weight is 321 g/mol. The molecule has 0 unspecified atom stereocenters. The van der Waals surface area contributed by atoms with Crippen LogP contribution in [0.3, 0.4) is 0 Å². The Morgan fingerprint density at radius 3 is 2.61 bits per heavy atom. The Morgan fingerprint density at radius 2 is 1.91 bits per heavy atom. The van der Waals surface area contributed by atoms with E-state index < -0.39 is 0 Å². The highest BCUT2D eigenvalue weighted by Gasteiger charge is 2.06. The fraction of sp³-hybridized carbons (Fsp3) is 0.611. The number of hydrogen-bond donors (Lipinski definition) is 2. The summed E-state index contributed by atoms with van der Waals surface area (Å²) in [5.41, 5.74) is 1.24. The second-order valence-electron chi connectivity index (χ2n) is 5.43. The van der Waals surface area contributed by atoms with Gasteiger partial charge in [-0.15, -0.1) is 0 Å². The molecule has 0 radical (unpaired) electrons. The molecule has 0 amide bonds. The summed E-state index contributed by atoms with van der Waals surface area (Å²) in [6.07, 6.45) is 0. The highest BCUT2D eigenvalue weighted by Crippen LogP contribution is 2.25. The van der Waals surface area contributed by atoms with Crippen molar-refractivity contribution in [2.45, 2.75) is 33.6 Å². The molecule has 130 valence electrons. The first-order chi connectivity index (χ1) is 11.2. The zero-order chi connectivity index (χ0) is 16.9. The number of para-hydroxylation sites is 1. The SMILES string of the molecule is CCNC(=NCCOCC)NCCOc1ccccc1C(C)C. The summed E-state index contributed by atoms with van der Waals surface area (Å²) < 4.78 is 11.2. The van der Waals surface area contributed by atoms with Crippen LogP contribution in [0.15, 0.2) is 29.3 Å². The summed E-state index contributed by atoms with van der Waals surface area (Å²) in [5, 5.41) is 6.49. The van der Waals surface area contributed by atoms with Gasteiger partial charge < -0.3 is 20.1 Å². The van der Waals surface area contributed by atoms with Gasteiger partial charge in [0.25, 0.3) is 0 Å². The lowest BCUT2D eigenvalue weighted by Crippen LogP contribution is -2.39. The number of benzene rings is 1. The van der Waals surface area contributed by atoms with Crippen LogP contribution in [0.1, 0.15) is 39.2 Å². The van der Waals surface area contributed by atoms with Gasteiger partial charge in [0.2, 0.25) is 0 Å². The molecule has 0 spiro atoms. The van der Waals surface area contributed by atoms with Crippen LogP contribution in [0.5, 0.6) is 5.75 Å². The normalized spacial score (nSPS) is 11.6. The van der Waals surface area contributed by atoms with E-state index in [1.165, 1.54) is 5.56 Å². The topological polar surface area (TPSA) is 54.9 Å². The Morgan fingerprint density at radius 1 is 1.13 bits per heavy atom. The zero-order valence-corrected chi connectivity index (χ0v) is 14.9. The highest BCUT2D eigenvalue weighted by molar-refractivity contribution is 5.79. The van der Waals surface area contributed by atoms with Gasteiger partial charge >= 0.3 is 0 Å². The molecule has 5 nitrogen and oxygen atoms in total. The van der Waals surface area contributed by atoms with Crippen LogP contribution >= 0.6 is 0 Å². The van der Waals surface area contributed by atoms with Gasteiger partial charge in [-0.2, -0.15) is 0 Å². The zero-order valence-electron chi connectivity index (χ0n) is 14.9. The molecule has 23 heavy (non-hydrogen) atoms. The van der Waals surface area contributed by atoms with Crippen LogP contribution in [0.25, 0.3) is 0 Å². The van der Waals surface area contributed by atoms with Crippen LogP contribution < -0.4 is 15.4 Å². The quantitative estimate of drug-likeness (QED) is 0.395. The molecule has 1 aromatic carbocycles. The maximum absolute atomic E-state index is 5.90. The molecule has 1 aromatic rings. The lowest BCUT2D eigenvalue weighted by Gasteiger charge is -2.15. The summed E-state index contributed by atoms with van der Waals surface area (Å²) in [7, 11) is 0. The van der Waals surface area contributed by atoms with Crippen molar-refractivity contribution in [3.05, 3.63) is 29.8 Å². The molecule has 0 aliphatic rings. The van der Waals surface area contributed by atoms with Crippen molar-refractivity contribution in [2.24, 2.45) is 4.99 Å². The summed E-state index contributed by atoms with van der Waals surface area (Å²) >= 11 is 0. The van der Waals surface area contributed by atoms with Crippen LogP contribution in [-0.4, -0.2) is 45.4 Å². The van der Waals surface area contributed by atoms with Crippen LogP contribution in [0, 0.1) is 0 Å². The summed E-state index contributed by atoms with van der Waals surface area (Å²) in [5.74, 6) is 2.21. The van der Waals surface area contributed by atoms with Crippen molar-refractivity contribution in [1.29, 1.82) is 0 Å². The lowest BCUT2D eigenvalue weighted by molar-refractivity contribution is 0.155. The predicted octanol–water partition coefficient (Wildman–Crippen LogP) is 2.78. The van der Waals surface area contributed by atoms with Crippen LogP contribution in [-0.2, 0) is 4.74 Å². The maximum atomic E-state index is 5.90. The number of guanidine groups is 1. The van der Waals surface area contributed by atoms with Gasteiger partial charge in [0.05, 0.1) is 19.7 Å². The van der Waals surface area contributed by atoms with Crippen molar-refractivity contribution >= 4 is 5.96 Å². The second-order valence-corrected chi connectivity index (χ2v) is 5.43. The van der Waals surface area contributed by atoms with Crippen molar-refractivity contribution in [3.63, 3.8) is 0 Å². The third kappa shape index (κ3) is 7.88. The first-order valence-electron chi connectivity index (χ1n) is 8.50.